The number of hydrogen-bond acceptors (Lipinski definition) is 3. The second-order valence-electron chi connectivity index (χ2n) is 6.69. The predicted octanol–water partition coefficient (Wildman–Crippen LogP) is 4.36. The minimum absolute atomic E-state index is 0.399. The van der Waals surface area contributed by atoms with Crippen LogP contribution in [0.3, 0.4) is 0 Å². The minimum Gasteiger partial charge on any atom is -0.472 e. The van der Waals surface area contributed by atoms with Gasteiger partial charge < -0.3 is 14.8 Å². The van der Waals surface area contributed by atoms with Crippen LogP contribution in [-0.4, -0.2) is 5.72 Å². The number of nitrogens with one attached hydrogen (secondary N) is 1. The first-order chi connectivity index (χ1) is 10.7. The van der Waals surface area contributed by atoms with Gasteiger partial charge in [0.25, 0.3) is 0 Å². The molecule has 1 saturated carbocycles. The number of fused-ring (bicyclic) bond motifs is 2. The van der Waals surface area contributed by atoms with Gasteiger partial charge in [-0.25, -0.2) is 0 Å². The highest BCUT2D eigenvalue weighted by Gasteiger charge is 2.65. The Labute approximate surface area is 130 Å². The number of para-hydroxylation sites is 1. The predicted molar refractivity (Wildman–Crippen MR) is 85.4 cm³/mol. The third kappa shape index (κ3) is 1.37. The standard InChI is InChI=1S/C19H19NO2/c1-13-8-9-16-17(12-13)22-19-11-5-4-10-18(19,21-16)14-6-2-3-7-15(14)20-19/h2-3,6-9,12,20H,4-5,10-11H2,1H3/t18-,19-/m0/s1. The van der Waals surface area contributed by atoms with E-state index in [0.717, 1.165) is 36.4 Å². The van der Waals surface area contributed by atoms with Crippen LogP contribution in [0.1, 0.15) is 36.8 Å². The molecule has 2 heterocycles. The maximum atomic E-state index is 6.63. The fourth-order valence-electron chi connectivity index (χ4n) is 4.33. The maximum Gasteiger partial charge on any atom is 0.225 e. The molecule has 3 aliphatic rings. The van der Waals surface area contributed by atoms with Gasteiger partial charge in [-0.15, -0.1) is 0 Å². The van der Waals surface area contributed by atoms with Crippen molar-refractivity contribution in [3.8, 4) is 11.5 Å². The van der Waals surface area contributed by atoms with Gasteiger partial charge in [-0.3, -0.25) is 0 Å². The summed E-state index contributed by atoms with van der Waals surface area (Å²) in [5, 5.41) is 3.66. The van der Waals surface area contributed by atoms with Crippen molar-refractivity contribution in [3.63, 3.8) is 0 Å². The Hall–Kier alpha value is -2.16. The lowest BCUT2D eigenvalue weighted by Crippen LogP contribution is -2.63. The molecule has 0 bridgehead atoms. The Balaban J connectivity index is 1.75. The highest BCUT2D eigenvalue weighted by Crippen LogP contribution is 2.60. The zero-order valence-corrected chi connectivity index (χ0v) is 12.7. The summed E-state index contributed by atoms with van der Waals surface area (Å²) < 4.78 is 13.2. The van der Waals surface area contributed by atoms with Gasteiger partial charge in [0.05, 0.1) is 0 Å². The van der Waals surface area contributed by atoms with Crippen molar-refractivity contribution in [1.82, 2.24) is 0 Å². The average molecular weight is 293 g/mol. The molecule has 2 atom stereocenters. The molecule has 22 heavy (non-hydrogen) atoms. The molecule has 3 nitrogen and oxygen atoms in total. The van der Waals surface area contributed by atoms with Crippen LogP contribution >= 0.6 is 0 Å². The first-order valence-electron chi connectivity index (χ1n) is 8.09. The van der Waals surface area contributed by atoms with Crippen LogP contribution in [0.15, 0.2) is 42.5 Å². The lowest BCUT2D eigenvalue weighted by atomic mass is 9.74. The van der Waals surface area contributed by atoms with Crippen molar-refractivity contribution in [1.29, 1.82) is 0 Å². The Morgan fingerprint density at radius 3 is 2.77 bits per heavy atom. The Morgan fingerprint density at radius 1 is 0.955 bits per heavy atom. The van der Waals surface area contributed by atoms with Gasteiger partial charge in [-0.05, 0) is 49.9 Å². The van der Waals surface area contributed by atoms with Crippen molar-refractivity contribution in [2.45, 2.75) is 43.9 Å². The fourth-order valence-corrected chi connectivity index (χ4v) is 4.33. The van der Waals surface area contributed by atoms with E-state index >= 15 is 0 Å². The number of anilines is 1. The zero-order valence-electron chi connectivity index (χ0n) is 12.7. The van der Waals surface area contributed by atoms with Gasteiger partial charge in [-0.2, -0.15) is 0 Å². The summed E-state index contributed by atoms with van der Waals surface area (Å²) in [7, 11) is 0. The number of benzene rings is 2. The second kappa shape index (κ2) is 3.97. The molecule has 0 saturated heterocycles. The van der Waals surface area contributed by atoms with E-state index in [0.29, 0.717) is 0 Å². The van der Waals surface area contributed by atoms with Crippen molar-refractivity contribution >= 4 is 5.69 Å². The summed E-state index contributed by atoms with van der Waals surface area (Å²) >= 11 is 0. The fraction of sp³-hybridized carbons (Fsp3) is 0.368. The zero-order chi connectivity index (χ0) is 14.8. The van der Waals surface area contributed by atoms with Crippen molar-refractivity contribution < 1.29 is 9.47 Å². The molecule has 1 fully saturated rings. The molecule has 0 spiro atoms. The number of rotatable bonds is 0. The molecule has 0 amide bonds. The SMILES string of the molecule is Cc1ccc2c(c1)O[C@@]13CCCC[C@]1(O2)c1ccccc1N3. The summed E-state index contributed by atoms with van der Waals surface area (Å²) in [5.41, 5.74) is 2.72. The smallest absolute Gasteiger partial charge is 0.225 e. The van der Waals surface area contributed by atoms with Crippen molar-refractivity contribution in [3.05, 3.63) is 53.6 Å². The van der Waals surface area contributed by atoms with E-state index in [1.807, 2.05) is 6.07 Å². The van der Waals surface area contributed by atoms with Gasteiger partial charge in [0.2, 0.25) is 5.72 Å². The molecule has 0 radical (unpaired) electrons. The van der Waals surface area contributed by atoms with Gasteiger partial charge >= 0.3 is 0 Å². The first-order valence-corrected chi connectivity index (χ1v) is 8.09. The van der Waals surface area contributed by atoms with Crippen LogP contribution in [0.4, 0.5) is 5.69 Å². The lowest BCUT2D eigenvalue weighted by Gasteiger charge is -2.51. The van der Waals surface area contributed by atoms with E-state index in [-0.39, 0.29) is 0 Å². The summed E-state index contributed by atoms with van der Waals surface area (Å²) in [6.45, 7) is 2.08. The highest BCUT2D eigenvalue weighted by molar-refractivity contribution is 5.65. The summed E-state index contributed by atoms with van der Waals surface area (Å²) in [4.78, 5) is 0. The summed E-state index contributed by atoms with van der Waals surface area (Å²) in [6.07, 6.45) is 4.29. The van der Waals surface area contributed by atoms with Gasteiger partial charge in [0, 0.05) is 17.7 Å². The Kier molecular flexibility index (Phi) is 2.24. The quantitative estimate of drug-likeness (QED) is 0.783. The number of hydrogen-bond donors (Lipinski definition) is 1. The monoisotopic (exact) mass is 293 g/mol. The molecular weight excluding hydrogens is 274 g/mol. The Bertz CT molecular complexity index is 772. The molecule has 3 heteroatoms. The van der Waals surface area contributed by atoms with Crippen LogP contribution in [0.2, 0.25) is 0 Å². The Morgan fingerprint density at radius 2 is 1.82 bits per heavy atom. The highest BCUT2D eigenvalue weighted by atomic mass is 16.6. The average Bonchev–Trinajstić information content (AvgIpc) is 2.82. The third-order valence-corrected chi connectivity index (χ3v) is 5.33. The molecule has 112 valence electrons. The molecule has 2 aromatic rings. The van der Waals surface area contributed by atoms with Crippen LogP contribution in [-0.2, 0) is 5.60 Å². The maximum absolute atomic E-state index is 6.63. The summed E-state index contributed by atoms with van der Waals surface area (Å²) in [6, 6.07) is 14.7. The van der Waals surface area contributed by atoms with E-state index in [2.05, 4.69) is 48.6 Å². The van der Waals surface area contributed by atoms with Crippen LogP contribution in [0, 0.1) is 6.92 Å². The number of ether oxygens (including phenoxy) is 2. The molecular formula is C19H19NO2. The molecule has 0 aromatic heterocycles. The van der Waals surface area contributed by atoms with Gasteiger partial charge in [-0.1, -0.05) is 24.3 Å². The molecule has 1 aliphatic carbocycles. The van der Waals surface area contributed by atoms with E-state index in [1.165, 1.54) is 17.5 Å². The van der Waals surface area contributed by atoms with E-state index in [9.17, 15) is 0 Å². The van der Waals surface area contributed by atoms with E-state index < -0.39 is 11.3 Å². The topological polar surface area (TPSA) is 30.5 Å². The van der Waals surface area contributed by atoms with Crippen LogP contribution < -0.4 is 14.8 Å². The molecule has 1 N–H and O–H groups in total. The van der Waals surface area contributed by atoms with Crippen molar-refractivity contribution in [2.75, 3.05) is 5.32 Å². The molecule has 2 aromatic carbocycles. The molecule has 2 aliphatic heterocycles. The molecule has 0 unspecified atom stereocenters. The van der Waals surface area contributed by atoms with Crippen molar-refractivity contribution in [2.24, 2.45) is 0 Å². The first kappa shape index (κ1) is 12.4. The lowest BCUT2D eigenvalue weighted by molar-refractivity contribution is -0.146. The van der Waals surface area contributed by atoms with E-state index in [4.69, 9.17) is 9.47 Å². The van der Waals surface area contributed by atoms with Crippen LogP contribution in [0.5, 0.6) is 11.5 Å². The van der Waals surface area contributed by atoms with E-state index in [1.54, 1.807) is 0 Å². The van der Waals surface area contributed by atoms with Gasteiger partial charge in [0.15, 0.2) is 17.1 Å². The summed E-state index contributed by atoms with van der Waals surface area (Å²) in [5.74, 6) is 1.72. The second-order valence-corrected chi connectivity index (χ2v) is 6.69. The minimum atomic E-state index is -0.463. The normalized spacial score (nSPS) is 30.8. The number of aryl methyl sites for hydroxylation is 1. The largest absolute Gasteiger partial charge is 0.472 e. The van der Waals surface area contributed by atoms with Gasteiger partial charge in [0.1, 0.15) is 0 Å². The third-order valence-electron chi connectivity index (χ3n) is 5.33. The molecule has 5 rings (SSSR count). The van der Waals surface area contributed by atoms with Crippen LogP contribution in [0.25, 0.3) is 0 Å².